The van der Waals surface area contributed by atoms with Crippen molar-refractivity contribution in [2.45, 2.75) is 46.1 Å². The SMILES string of the molecule is CCCN1CCCNC(C(C)CC)C1. The van der Waals surface area contributed by atoms with Gasteiger partial charge in [-0.15, -0.1) is 0 Å². The number of nitrogens with one attached hydrogen (secondary N) is 1. The van der Waals surface area contributed by atoms with Crippen molar-refractivity contribution in [3.8, 4) is 0 Å². The smallest absolute Gasteiger partial charge is 0.0220 e. The zero-order valence-corrected chi connectivity index (χ0v) is 10.1. The first-order valence-corrected chi connectivity index (χ1v) is 6.23. The molecule has 1 fully saturated rings. The van der Waals surface area contributed by atoms with Crippen LogP contribution in [0, 0.1) is 5.92 Å². The topological polar surface area (TPSA) is 15.3 Å². The van der Waals surface area contributed by atoms with Gasteiger partial charge in [0.15, 0.2) is 0 Å². The highest BCUT2D eigenvalue weighted by atomic mass is 15.2. The molecule has 0 saturated carbocycles. The summed E-state index contributed by atoms with van der Waals surface area (Å²) in [6, 6.07) is 0.717. The van der Waals surface area contributed by atoms with Gasteiger partial charge in [-0.05, 0) is 38.4 Å². The third-order valence-electron chi connectivity index (χ3n) is 3.38. The molecule has 2 atom stereocenters. The fourth-order valence-electron chi connectivity index (χ4n) is 2.21. The van der Waals surface area contributed by atoms with Crippen molar-refractivity contribution in [1.82, 2.24) is 10.2 Å². The van der Waals surface area contributed by atoms with Gasteiger partial charge in [-0.3, -0.25) is 0 Å². The first kappa shape index (κ1) is 12.0. The van der Waals surface area contributed by atoms with Crippen LogP contribution in [0.3, 0.4) is 0 Å². The van der Waals surface area contributed by atoms with Crippen molar-refractivity contribution in [3.05, 3.63) is 0 Å². The molecule has 1 saturated heterocycles. The van der Waals surface area contributed by atoms with Crippen LogP contribution in [-0.2, 0) is 0 Å². The first-order chi connectivity index (χ1) is 6.77. The van der Waals surface area contributed by atoms with Crippen LogP contribution in [0.2, 0.25) is 0 Å². The zero-order chi connectivity index (χ0) is 10.4. The lowest BCUT2D eigenvalue weighted by Crippen LogP contribution is -2.42. The van der Waals surface area contributed by atoms with E-state index >= 15 is 0 Å². The summed E-state index contributed by atoms with van der Waals surface area (Å²) in [7, 11) is 0. The van der Waals surface area contributed by atoms with E-state index in [4.69, 9.17) is 0 Å². The molecule has 0 aliphatic carbocycles. The molecule has 0 aromatic rings. The Balaban J connectivity index is 2.42. The normalized spacial score (nSPS) is 27.2. The molecule has 0 aromatic carbocycles. The molecular weight excluding hydrogens is 172 g/mol. The highest BCUT2D eigenvalue weighted by molar-refractivity contribution is 4.79. The Hall–Kier alpha value is -0.0800. The summed E-state index contributed by atoms with van der Waals surface area (Å²) < 4.78 is 0. The van der Waals surface area contributed by atoms with E-state index in [2.05, 4.69) is 31.0 Å². The van der Waals surface area contributed by atoms with Crippen molar-refractivity contribution in [2.75, 3.05) is 26.2 Å². The van der Waals surface area contributed by atoms with Crippen molar-refractivity contribution in [1.29, 1.82) is 0 Å². The van der Waals surface area contributed by atoms with Gasteiger partial charge >= 0.3 is 0 Å². The quantitative estimate of drug-likeness (QED) is 0.744. The molecule has 1 heterocycles. The lowest BCUT2D eigenvalue weighted by atomic mass is 9.99. The Bertz CT molecular complexity index is 147. The molecule has 1 aliphatic heterocycles. The summed E-state index contributed by atoms with van der Waals surface area (Å²) in [4.78, 5) is 2.62. The van der Waals surface area contributed by atoms with Crippen LogP contribution in [0.1, 0.15) is 40.0 Å². The van der Waals surface area contributed by atoms with Crippen LogP contribution in [0.25, 0.3) is 0 Å². The summed E-state index contributed by atoms with van der Waals surface area (Å²) in [5.41, 5.74) is 0. The van der Waals surface area contributed by atoms with Gasteiger partial charge in [0, 0.05) is 12.6 Å². The van der Waals surface area contributed by atoms with Gasteiger partial charge in [-0.1, -0.05) is 27.2 Å². The van der Waals surface area contributed by atoms with Gasteiger partial charge in [0.25, 0.3) is 0 Å². The second-order valence-corrected chi connectivity index (χ2v) is 4.60. The van der Waals surface area contributed by atoms with E-state index in [1.54, 1.807) is 0 Å². The van der Waals surface area contributed by atoms with Gasteiger partial charge in [0.05, 0.1) is 0 Å². The fraction of sp³-hybridized carbons (Fsp3) is 1.00. The maximum Gasteiger partial charge on any atom is 0.0220 e. The molecule has 1 aliphatic rings. The maximum atomic E-state index is 3.68. The second kappa shape index (κ2) is 6.41. The lowest BCUT2D eigenvalue weighted by molar-refractivity contribution is 0.238. The lowest BCUT2D eigenvalue weighted by Gasteiger charge is -2.27. The van der Waals surface area contributed by atoms with Crippen molar-refractivity contribution < 1.29 is 0 Å². The predicted molar refractivity (Wildman–Crippen MR) is 62.6 cm³/mol. The molecular formula is C12H26N2. The Labute approximate surface area is 89.1 Å². The predicted octanol–water partition coefficient (Wildman–Crippen LogP) is 2.11. The number of hydrogen-bond acceptors (Lipinski definition) is 2. The Morgan fingerprint density at radius 1 is 1.43 bits per heavy atom. The van der Waals surface area contributed by atoms with Crippen LogP contribution >= 0.6 is 0 Å². The van der Waals surface area contributed by atoms with Crippen LogP contribution in [-0.4, -0.2) is 37.1 Å². The van der Waals surface area contributed by atoms with E-state index in [1.165, 1.54) is 45.4 Å². The zero-order valence-electron chi connectivity index (χ0n) is 10.1. The Kier molecular flexibility index (Phi) is 5.49. The van der Waals surface area contributed by atoms with Gasteiger partial charge in [0.1, 0.15) is 0 Å². The van der Waals surface area contributed by atoms with E-state index < -0.39 is 0 Å². The number of hydrogen-bond donors (Lipinski definition) is 1. The summed E-state index contributed by atoms with van der Waals surface area (Å²) in [5, 5.41) is 3.68. The maximum absolute atomic E-state index is 3.68. The van der Waals surface area contributed by atoms with E-state index in [0.29, 0.717) is 6.04 Å². The second-order valence-electron chi connectivity index (χ2n) is 4.60. The highest BCUT2D eigenvalue weighted by Crippen LogP contribution is 2.12. The minimum absolute atomic E-state index is 0.717. The molecule has 2 unspecified atom stereocenters. The number of rotatable bonds is 4. The number of nitrogens with zero attached hydrogens (tertiary/aromatic N) is 1. The minimum Gasteiger partial charge on any atom is -0.312 e. The summed E-state index contributed by atoms with van der Waals surface area (Å²) in [6.45, 7) is 11.9. The average molecular weight is 198 g/mol. The van der Waals surface area contributed by atoms with Crippen molar-refractivity contribution in [2.24, 2.45) is 5.92 Å². The third-order valence-corrected chi connectivity index (χ3v) is 3.38. The van der Waals surface area contributed by atoms with Crippen LogP contribution < -0.4 is 5.32 Å². The summed E-state index contributed by atoms with van der Waals surface area (Å²) in [5.74, 6) is 0.812. The Morgan fingerprint density at radius 3 is 2.86 bits per heavy atom. The van der Waals surface area contributed by atoms with Crippen LogP contribution in [0.4, 0.5) is 0 Å². The van der Waals surface area contributed by atoms with Gasteiger partial charge in [-0.25, -0.2) is 0 Å². The third kappa shape index (κ3) is 3.58. The molecule has 0 bridgehead atoms. The van der Waals surface area contributed by atoms with Crippen LogP contribution in [0.15, 0.2) is 0 Å². The van der Waals surface area contributed by atoms with Crippen molar-refractivity contribution >= 4 is 0 Å². The van der Waals surface area contributed by atoms with Gasteiger partial charge < -0.3 is 10.2 Å². The highest BCUT2D eigenvalue weighted by Gasteiger charge is 2.20. The molecule has 1 N–H and O–H groups in total. The first-order valence-electron chi connectivity index (χ1n) is 6.23. The average Bonchev–Trinajstić information content (AvgIpc) is 2.43. The molecule has 84 valence electrons. The standard InChI is InChI=1S/C12H26N2/c1-4-8-14-9-6-7-13-12(10-14)11(3)5-2/h11-13H,4-10H2,1-3H3. The van der Waals surface area contributed by atoms with Crippen LogP contribution in [0.5, 0.6) is 0 Å². The van der Waals surface area contributed by atoms with Gasteiger partial charge in [0.2, 0.25) is 0 Å². The van der Waals surface area contributed by atoms with E-state index in [9.17, 15) is 0 Å². The van der Waals surface area contributed by atoms with Crippen molar-refractivity contribution in [3.63, 3.8) is 0 Å². The van der Waals surface area contributed by atoms with Gasteiger partial charge in [-0.2, -0.15) is 0 Å². The Morgan fingerprint density at radius 2 is 2.21 bits per heavy atom. The monoisotopic (exact) mass is 198 g/mol. The fourth-order valence-corrected chi connectivity index (χ4v) is 2.21. The molecule has 2 heteroatoms. The molecule has 14 heavy (non-hydrogen) atoms. The summed E-state index contributed by atoms with van der Waals surface area (Å²) in [6.07, 6.45) is 3.89. The molecule has 0 amide bonds. The molecule has 0 spiro atoms. The molecule has 1 rings (SSSR count). The van der Waals surface area contributed by atoms with E-state index in [1.807, 2.05) is 0 Å². The largest absolute Gasteiger partial charge is 0.312 e. The summed E-state index contributed by atoms with van der Waals surface area (Å²) >= 11 is 0. The minimum atomic E-state index is 0.717. The molecule has 2 nitrogen and oxygen atoms in total. The molecule has 0 radical (unpaired) electrons. The van der Waals surface area contributed by atoms with E-state index in [-0.39, 0.29) is 0 Å². The molecule has 0 aromatic heterocycles. The van der Waals surface area contributed by atoms with E-state index in [0.717, 1.165) is 5.92 Å².